The lowest BCUT2D eigenvalue weighted by molar-refractivity contribution is -0.458. The predicted molar refractivity (Wildman–Crippen MR) is 34.5 cm³/mol. The lowest BCUT2D eigenvalue weighted by Gasteiger charge is -2.40. The van der Waals surface area contributed by atoms with Gasteiger partial charge in [-0.2, -0.15) is 48.3 Å². The molecule has 0 N–H and O–H groups in total. The summed E-state index contributed by atoms with van der Waals surface area (Å²) in [6, 6.07) is 0. The summed E-state index contributed by atoms with van der Waals surface area (Å²) in [7, 11) is 0. The third kappa shape index (κ3) is 2.32. The van der Waals surface area contributed by atoms with Gasteiger partial charge in [0.2, 0.25) is 0 Å². The molecule has 0 fully saturated rings. The van der Waals surface area contributed by atoms with Crippen LogP contribution >= 0.6 is 15.9 Å². The molecule has 0 aliphatic carbocycles. The highest BCUT2D eigenvalue weighted by atomic mass is 79.9. The van der Waals surface area contributed by atoms with E-state index in [4.69, 9.17) is 0 Å². The molecule has 0 bridgehead atoms. The highest BCUT2D eigenvalue weighted by molar-refractivity contribution is 9.10. The van der Waals surface area contributed by atoms with E-state index in [1.54, 1.807) is 0 Å². The molecule has 0 heterocycles. The predicted octanol–water partition coefficient (Wildman–Crippen LogP) is 4.65. The average molecular weight is 349 g/mol. The van der Waals surface area contributed by atoms with Crippen LogP contribution in [0.15, 0.2) is 0 Å². The summed E-state index contributed by atoms with van der Waals surface area (Å²) in [6.07, 6.45) is -21.8. The molecule has 0 saturated heterocycles. The van der Waals surface area contributed by atoms with Crippen molar-refractivity contribution in [1.82, 2.24) is 0 Å². The average Bonchev–Trinajstić information content (AvgIpc) is 1.67. The van der Waals surface area contributed by atoms with Crippen molar-refractivity contribution in [2.45, 2.75) is 23.4 Å². The summed E-state index contributed by atoms with van der Waals surface area (Å²) < 4.78 is 132. The first kappa shape index (κ1) is 16.7. The lowest BCUT2D eigenvalue weighted by Crippen LogP contribution is -2.67. The first-order chi connectivity index (χ1) is 7.00. The maximum absolute atomic E-state index is 12.3. The van der Waals surface area contributed by atoms with Crippen molar-refractivity contribution in [2.75, 3.05) is 0 Å². The van der Waals surface area contributed by atoms with Crippen molar-refractivity contribution in [3.8, 4) is 0 Å². The first-order valence-corrected chi connectivity index (χ1v) is 4.06. The Bertz CT molecular complexity index is 213. The molecule has 0 radical (unpaired) electrons. The summed E-state index contributed by atoms with van der Waals surface area (Å²) in [6.45, 7) is 0. The Morgan fingerprint density at radius 2 is 0.647 bits per heavy atom. The van der Waals surface area contributed by atoms with Crippen molar-refractivity contribution in [1.29, 1.82) is 0 Å². The summed E-state index contributed by atoms with van der Waals surface area (Å²) in [5.41, 5.74) is -7.17. The van der Waals surface area contributed by atoms with E-state index in [0.29, 0.717) is 15.9 Å². The van der Waals surface area contributed by atoms with Crippen LogP contribution < -0.4 is 0 Å². The second kappa shape index (κ2) is 3.85. The van der Waals surface area contributed by atoms with Gasteiger partial charge < -0.3 is 0 Å². The van der Waals surface area contributed by atoms with Gasteiger partial charge in [0.25, 0.3) is 0 Å². The van der Waals surface area contributed by atoms with Crippen LogP contribution in [0.2, 0.25) is 0 Å². The van der Waals surface area contributed by atoms with Gasteiger partial charge in [0.1, 0.15) is 0 Å². The van der Waals surface area contributed by atoms with Crippen molar-refractivity contribution in [3.05, 3.63) is 0 Å². The monoisotopic (exact) mass is 348 g/mol. The van der Waals surface area contributed by atoms with Crippen molar-refractivity contribution < 1.29 is 48.3 Å². The summed E-state index contributed by atoms with van der Waals surface area (Å²) in [4.78, 5) is -6.30. The van der Waals surface area contributed by atoms with Crippen LogP contribution in [0, 0.1) is 5.41 Å². The van der Waals surface area contributed by atoms with Crippen molar-refractivity contribution in [2.24, 2.45) is 5.41 Å². The van der Waals surface area contributed by atoms with Gasteiger partial charge in [0.05, 0.1) is 0 Å². The third-order valence-corrected chi connectivity index (χ3v) is 2.30. The van der Waals surface area contributed by atoms with E-state index >= 15 is 0 Å². The van der Waals surface area contributed by atoms with E-state index in [0.717, 1.165) is 0 Å². The Labute approximate surface area is 93.9 Å². The molecule has 0 aromatic carbocycles. The fraction of sp³-hybridized carbons (Fsp3) is 1.00. The van der Waals surface area contributed by atoms with E-state index in [-0.39, 0.29) is 0 Å². The minimum atomic E-state index is -7.28. The van der Waals surface area contributed by atoms with Gasteiger partial charge >= 0.3 is 28.8 Å². The minimum Gasteiger partial charge on any atom is -0.192 e. The van der Waals surface area contributed by atoms with E-state index in [1.807, 2.05) is 0 Å². The fourth-order valence-corrected chi connectivity index (χ4v) is 1.64. The Morgan fingerprint density at radius 1 is 0.471 bits per heavy atom. The van der Waals surface area contributed by atoms with Crippen LogP contribution in [0.4, 0.5) is 48.3 Å². The maximum Gasteiger partial charge on any atom is 0.419 e. The smallest absolute Gasteiger partial charge is 0.192 e. The molecule has 0 aliphatic rings. The van der Waals surface area contributed by atoms with Gasteiger partial charge in [-0.05, 0) is 15.9 Å². The second-order valence-electron chi connectivity index (χ2n) is 2.74. The first-order valence-electron chi connectivity index (χ1n) is 3.27. The zero-order valence-electron chi connectivity index (χ0n) is 7.04. The van der Waals surface area contributed by atoms with Gasteiger partial charge in [0.15, 0.2) is 0 Å². The number of halogens is 12. The quantitative estimate of drug-likeness (QED) is 0.478. The lowest BCUT2D eigenvalue weighted by atomic mass is 9.85. The number of rotatable bonds is 1. The topological polar surface area (TPSA) is 0 Å². The molecule has 12 heteroatoms. The molecule has 0 rings (SSSR count). The molecule has 17 heavy (non-hydrogen) atoms. The van der Waals surface area contributed by atoms with E-state index in [9.17, 15) is 48.3 Å². The minimum absolute atomic E-state index is 0.516. The normalized spacial score (nSPS) is 16.2. The summed E-state index contributed by atoms with van der Waals surface area (Å²) >= 11 is 0.516. The van der Waals surface area contributed by atoms with Crippen LogP contribution in [0.25, 0.3) is 0 Å². The second-order valence-corrected chi connectivity index (χ2v) is 3.74. The van der Waals surface area contributed by atoms with Crippen LogP contribution in [0.1, 0.15) is 0 Å². The van der Waals surface area contributed by atoms with Crippen LogP contribution in [0.5, 0.6) is 0 Å². The largest absolute Gasteiger partial charge is 0.419 e. The van der Waals surface area contributed by atoms with E-state index < -0.39 is 28.8 Å². The number of hydrogen-bond donors (Lipinski definition) is 0. The van der Waals surface area contributed by atoms with Crippen LogP contribution in [-0.4, -0.2) is 23.4 Å². The molecule has 0 atom stereocenters. The Balaban J connectivity index is 6.37. The van der Waals surface area contributed by atoms with Gasteiger partial charge in [-0.3, -0.25) is 0 Å². The molecule has 104 valence electrons. The number of hydrogen-bond acceptors (Lipinski definition) is 0. The highest BCUT2D eigenvalue weighted by Gasteiger charge is 2.93. The highest BCUT2D eigenvalue weighted by Crippen LogP contribution is 2.67. The van der Waals surface area contributed by atoms with Gasteiger partial charge in [-0.15, -0.1) is 0 Å². The van der Waals surface area contributed by atoms with Crippen LogP contribution in [0.3, 0.4) is 0 Å². The van der Waals surface area contributed by atoms with Crippen molar-refractivity contribution in [3.63, 3.8) is 0 Å². The molecule has 0 aliphatic heterocycles. The summed E-state index contributed by atoms with van der Waals surface area (Å²) in [5.74, 6) is 0. The molecule has 0 spiro atoms. The van der Waals surface area contributed by atoms with E-state index in [2.05, 4.69) is 0 Å². The fourth-order valence-electron chi connectivity index (χ4n) is 0.964. The van der Waals surface area contributed by atoms with Gasteiger partial charge in [0, 0.05) is 0 Å². The zero-order valence-corrected chi connectivity index (χ0v) is 8.62. The molecular weight excluding hydrogens is 349 g/mol. The Kier molecular flexibility index (Phi) is 3.79. The molecular formula is C5BrF11. The molecule has 0 aromatic rings. The molecule has 0 nitrogen and oxygen atoms in total. The standard InChI is InChI=1S/C5BrF11/c6-2(7,8)1(3(9,10)11,4(12,13)14)5(15,16)17. The van der Waals surface area contributed by atoms with Crippen LogP contribution in [-0.2, 0) is 0 Å². The number of alkyl halides is 12. The molecule has 0 saturated carbocycles. The van der Waals surface area contributed by atoms with Gasteiger partial charge in [-0.25, -0.2) is 0 Å². The maximum atomic E-state index is 12.3. The Hall–Kier alpha value is -0.290. The molecule has 0 unspecified atom stereocenters. The van der Waals surface area contributed by atoms with Gasteiger partial charge in [-0.1, -0.05) is 0 Å². The summed E-state index contributed by atoms with van der Waals surface area (Å²) in [5, 5.41) is 0. The van der Waals surface area contributed by atoms with Crippen molar-refractivity contribution >= 4 is 15.9 Å². The van der Waals surface area contributed by atoms with E-state index in [1.165, 1.54) is 0 Å². The Morgan fingerprint density at radius 3 is 0.647 bits per heavy atom. The molecule has 0 aromatic heterocycles. The molecule has 0 amide bonds. The zero-order chi connectivity index (χ0) is 14.5. The SMILES string of the molecule is FC(F)(F)C(C(F)(F)F)(C(F)(F)F)C(F)(F)Br. The third-order valence-electron chi connectivity index (χ3n) is 1.70.